The van der Waals surface area contributed by atoms with Crippen molar-refractivity contribution in [2.24, 2.45) is 0 Å². The third-order valence-corrected chi connectivity index (χ3v) is 3.09. The van der Waals surface area contributed by atoms with Crippen LogP contribution in [0.5, 0.6) is 0 Å². The molecule has 0 saturated heterocycles. The highest BCUT2D eigenvalue weighted by atomic mass is 32.2. The minimum Gasteiger partial charge on any atom is -0.326 e. The van der Waals surface area contributed by atoms with Crippen molar-refractivity contribution in [3.05, 3.63) is 60.2 Å². The number of hydrogen-bond acceptors (Lipinski definition) is 2. The second-order valence-corrected chi connectivity index (χ2v) is 4.47. The Labute approximate surface area is 107 Å². The molecule has 0 atom stereocenters. The van der Waals surface area contributed by atoms with Gasteiger partial charge in [-0.15, -0.1) is 0 Å². The molecule has 0 radical (unpaired) electrons. The number of rotatable bonds is 3. The Morgan fingerprint density at radius 1 is 0.833 bits per heavy atom. The average molecular weight is 269 g/mol. The summed E-state index contributed by atoms with van der Waals surface area (Å²) in [6.45, 7) is 0. The molecule has 18 heavy (non-hydrogen) atoms. The summed E-state index contributed by atoms with van der Waals surface area (Å²) in [5, 5.41) is 0. The molecule has 0 amide bonds. The van der Waals surface area contributed by atoms with Gasteiger partial charge in [0, 0.05) is 10.6 Å². The molecule has 2 rings (SSSR count). The van der Waals surface area contributed by atoms with Crippen molar-refractivity contribution in [1.82, 2.24) is 0 Å². The van der Waals surface area contributed by atoms with Gasteiger partial charge in [-0.1, -0.05) is 18.2 Å². The average Bonchev–Trinajstić information content (AvgIpc) is 2.37. The van der Waals surface area contributed by atoms with Crippen LogP contribution >= 0.6 is 11.9 Å². The van der Waals surface area contributed by atoms with Crippen molar-refractivity contribution >= 4 is 17.6 Å². The molecule has 2 aromatic carbocycles. The quantitative estimate of drug-likeness (QED) is 0.801. The predicted octanol–water partition coefficient (Wildman–Crippen LogP) is 4.82. The van der Waals surface area contributed by atoms with Crippen LogP contribution in [-0.2, 0) is 6.18 Å². The van der Waals surface area contributed by atoms with Gasteiger partial charge in [0.1, 0.15) is 0 Å². The Balaban J connectivity index is 1.99. The van der Waals surface area contributed by atoms with E-state index in [9.17, 15) is 13.2 Å². The summed E-state index contributed by atoms with van der Waals surface area (Å²) in [6.07, 6.45) is -4.28. The highest BCUT2D eigenvalue weighted by Gasteiger charge is 2.29. The molecule has 5 heteroatoms. The minimum absolute atomic E-state index is 0.633. The first kappa shape index (κ1) is 12.8. The van der Waals surface area contributed by atoms with Gasteiger partial charge in [0.2, 0.25) is 0 Å². The topological polar surface area (TPSA) is 12.0 Å². The van der Waals surface area contributed by atoms with Gasteiger partial charge in [0.15, 0.2) is 0 Å². The Hall–Kier alpha value is -1.62. The standard InChI is InChI=1S/C13H10F3NS/c14-13(15,16)10-6-8-12(9-7-10)18-17-11-4-2-1-3-5-11/h1-9,17H. The summed E-state index contributed by atoms with van der Waals surface area (Å²) in [5.41, 5.74) is 0.272. The molecule has 0 heterocycles. The summed E-state index contributed by atoms with van der Waals surface area (Å²) in [5.74, 6) is 0. The highest BCUT2D eigenvalue weighted by Crippen LogP contribution is 2.30. The van der Waals surface area contributed by atoms with Crippen LogP contribution in [-0.4, -0.2) is 0 Å². The molecule has 0 aliphatic heterocycles. The molecule has 0 unspecified atom stereocenters. The van der Waals surface area contributed by atoms with Crippen molar-refractivity contribution < 1.29 is 13.2 Å². The molecule has 1 N–H and O–H groups in total. The molecule has 0 aliphatic rings. The van der Waals surface area contributed by atoms with Gasteiger partial charge in [-0.3, -0.25) is 0 Å². The number of benzene rings is 2. The van der Waals surface area contributed by atoms with Gasteiger partial charge in [0.25, 0.3) is 0 Å². The second kappa shape index (κ2) is 5.35. The van der Waals surface area contributed by atoms with Crippen LogP contribution < -0.4 is 4.72 Å². The molecule has 0 bridgehead atoms. The fourth-order valence-electron chi connectivity index (χ4n) is 1.34. The van der Waals surface area contributed by atoms with Gasteiger partial charge in [-0.2, -0.15) is 13.2 Å². The number of nitrogens with one attached hydrogen (secondary N) is 1. The fraction of sp³-hybridized carbons (Fsp3) is 0.0769. The summed E-state index contributed by atoms with van der Waals surface area (Å²) in [4.78, 5) is 0.729. The van der Waals surface area contributed by atoms with Crippen LogP contribution in [0.2, 0.25) is 0 Å². The van der Waals surface area contributed by atoms with Crippen molar-refractivity contribution in [3.63, 3.8) is 0 Å². The molecule has 0 aliphatic carbocycles. The number of alkyl halides is 3. The maximum atomic E-state index is 12.3. The van der Waals surface area contributed by atoms with E-state index in [1.54, 1.807) is 0 Å². The monoisotopic (exact) mass is 269 g/mol. The molecular weight excluding hydrogens is 259 g/mol. The molecule has 2 aromatic rings. The van der Waals surface area contributed by atoms with Crippen LogP contribution in [0.15, 0.2) is 59.5 Å². The van der Waals surface area contributed by atoms with Gasteiger partial charge < -0.3 is 4.72 Å². The van der Waals surface area contributed by atoms with E-state index in [0.29, 0.717) is 0 Å². The Kier molecular flexibility index (Phi) is 3.81. The zero-order valence-corrected chi connectivity index (χ0v) is 10.1. The van der Waals surface area contributed by atoms with Gasteiger partial charge in [-0.05, 0) is 48.3 Å². The van der Waals surface area contributed by atoms with E-state index in [0.717, 1.165) is 22.7 Å². The van der Waals surface area contributed by atoms with Crippen molar-refractivity contribution in [2.75, 3.05) is 4.72 Å². The van der Waals surface area contributed by atoms with Crippen molar-refractivity contribution in [1.29, 1.82) is 0 Å². The zero-order chi connectivity index (χ0) is 13.0. The SMILES string of the molecule is FC(F)(F)c1ccc(SNc2ccccc2)cc1. The van der Waals surface area contributed by atoms with E-state index in [4.69, 9.17) is 0 Å². The van der Waals surface area contributed by atoms with Crippen LogP contribution in [0.1, 0.15) is 5.56 Å². The molecule has 0 aromatic heterocycles. The summed E-state index contributed by atoms with van der Waals surface area (Å²) >= 11 is 1.28. The fourth-order valence-corrected chi connectivity index (χ4v) is 1.98. The smallest absolute Gasteiger partial charge is 0.326 e. The number of para-hydroxylation sites is 1. The molecular formula is C13H10F3NS. The van der Waals surface area contributed by atoms with Crippen LogP contribution in [0, 0.1) is 0 Å². The largest absolute Gasteiger partial charge is 0.416 e. The predicted molar refractivity (Wildman–Crippen MR) is 67.4 cm³/mol. The van der Waals surface area contributed by atoms with E-state index in [1.807, 2.05) is 30.3 Å². The van der Waals surface area contributed by atoms with Gasteiger partial charge >= 0.3 is 6.18 Å². The third kappa shape index (κ3) is 3.43. The van der Waals surface area contributed by atoms with Gasteiger partial charge in [-0.25, -0.2) is 0 Å². The maximum Gasteiger partial charge on any atom is 0.416 e. The minimum atomic E-state index is -4.28. The molecule has 1 nitrogen and oxygen atoms in total. The normalized spacial score (nSPS) is 11.3. The Morgan fingerprint density at radius 3 is 2.00 bits per heavy atom. The van der Waals surface area contributed by atoms with Crippen LogP contribution in [0.4, 0.5) is 18.9 Å². The lowest BCUT2D eigenvalue weighted by atomic mass is 10.2. The lowest BCUT2D eigenvalue weighted by Gasteiger charge is -2.08. The lowest BCUT2D eigenvalue weighted by molar-refractivity contribution is -0.137. The maximum absolute atomic E-state index is 12.3. The summed E-state index contributed by atoms with van der Waals surface area (Å²) < 4.78 is 40.1. The first-order valence-electron chi connectivity index (χ1n) is 5.21. The third-order valence-electron chi connectivity index (χ3n) is 2.24. The number of halogens is 3. The van der Waals surface area contributed by atoms with E-state index >= 15 is 0 Å². The second-order valence-electron chi connectivity index (χ2n) is 3.59. The van der Waals surface area contributed by atoms with E-state index in [2.05, 4.69) is 4.72 Å². The summed E-state index contributed by atoms with van der Waals surface area (Å²) in [6, 6.07) is 14.5. The van der Waals surface area contributed by atoms with Crippen molar-refractivity contribution in [2.45, 2.75) is 11.1 Å². The van der Waals surface area contributed by atoms with E-state index in [-0.39, 0.29) is 0 Å². The molecule has 0 saturated carbocycles. The van der Waals surface area contributed by atoms with Crippen molar-refractivity contribution in [3.8, 4) is 0 Å². The molecule has 0 spiro atoms. The first-order valence-corrected chi connectivity index (χ1v) is 6.02. The highest BCUT2D eigenvalue weighted by molar-refractivity contribution is 8.00. The zero-order valence-electron chi connectivity index (χ0n) is 9.24. The first-order chi connectivity index (χ1) is 8.55. The van der Waals surface area contributed by atoms with Crippen LogP contribution in [0.25, 0.3) is 0 Å². The van der Waals surface area contributed by atoms with Crippen LogP contribution in [0.3, 0.4) is 0 Å². The van der Waals surface area contributed by atoms with Gasteiger partial charge in [0.05, 0.1) is 5.56 Å². The molecule has 0 fully saturated rings. The summed E-state index contributed by atoms with van der Waals surface area (Å²) in [7, 11) is 0. The van der Waals surface area contributed by atoms with E-state index in [1.165, 1.54) is 24.1 Å². The molecule has 94 valence electrons. The number of hydrogen-bond donors (Lipinski definition) is 1. The lowest BCUT2D eigenvalue weighted by Crippen LogP contribution is -2.04. The Bertz CT molecular complexity index is 494. The number of anilines is 1. The van der Waals surface area contributed by atoms with E-state index < -0.39 is 11.7 Å². The Morgan fingerprint density at radius 2 is 1.44 bits per heavy atom.